The van der Waals surface area contributed by atoms with Crippen LogP contribution in [-0.2, 0) is 16.1 Å². The second-order valence-electron chi connectivity index (χ2n) is 7.81. The summed E-state index contributed by atoms with van der Waals surface area (Å²) in [6.07, 6.45) is 3.71. The number of aryl methyl sites for hydroxylation is 1. The quantitative estimate of drug-likeness (QED) is 0.459. The lowest BCUT2D eigenvalue weighted by atomic mass is 10.1. The van der Waals surface area contributed by atoms with Crippen molar-refractivity contribution in [2.45, 2.75) is 45.7 Å². The van der Waals surface area contributed by atoms with E-state index in [1.165, 1.54) is 7.11 Å². The van der Waals surface area contributed by atoms with E-state index in [4.69, 9.17) is 4.74 Å². The predicted molar refractivity (Wildman–Crippen MR) is 119 cm³/mol. The molecule has 0 aliphatic carbocycles. The number of nitrogens with zero attached hydrogens (tertiary/aromatic N) is 2. The molecule has 0 saturated carbocycles. The number of methoxy groups -OCH3 is 1. The van der Waals surface area contributed by atoms with Gasteiger partial charge in [-0.15, -0.1) is 0 Å². The summed E-state index contributed by atoms with van der Waals surface area (Å²) in [6.45, 7) is 4.59. The van der Waals surface area contributed by atoms with Crippen LogP contribution in [0, 0.1) is 6.92 Å². The summed E-state index contributed by atoms with van der Waals surface area (Å²) >= 11 is 0. The smallest absolute Gasteiger partial charge is 0.329 e. The van der Waals surface area contributed by atoms with E-state index in [0.717, 1.165) is 45.9 Å². The van der Waals surface area contributed by atoms with Crippen LogP contribution in [0.15, 0.2) is 53.5 Å². The van der Waals surface area contributed by atoms with Crippen molar-refractivity contribution in [1.82, 2.24) is 14.1 Å². The first-order chi connectivity index (χ1) is 14.5. The van der Waals surface area contributed by atoms with Gasteiger partial charge in [0.15, 0.2) is 0 Å². The lowest BCUT2D eigenvalue weighted by Crippen LogP contribution is -2.29. The van der Waals surface area contributed by atoms with Gasteiger partial charge in [0.2, 0.25) is 0 Å². The first-order valence-electron chi connectivity index (χ1n) is 10.4. The van der Waals surface area contributed by atoms with E-state index < -0.39 is 0 Å². The SMILES string of the molecule is CCCC(CC(=O)OC)n1c(=O)n(Cc2cc(C)cc3[nH]ccc23)c2ccccc21. The highest BCUT2D eigenvalue weighted by molar-refractivity contribution is 5.84. The lowest BCUT2D eigenvalue weighted by Gasteiger charge is -2.17. The fourth-order valence-corrected chi connectivity index (χ4v) is 4.37. The summed E-state index contributed by atoms with van der Waals surface area (Å²) in [5, 5.41) is 1.11. The average Bonchev–Trinajstić information content (AvgIpc) is 3.30. The monoisotopic (exact) mass is 405 g/mol. The Hall–Kier alpha value is -3.28. The van der Waals surface area contributed by atoms with Gasteiger partial charge in [-0.3, -0.25) is 13.9 Å². The number of esters is 1. The van der Waals surface area contributed by atoms with Gasteiger partial charge in [0.05, 0.1) is 31.1 Å². The van der Waals surface area contributed by atoms with Crippen molar-refractivity contribution in [3.8, 4) is 0 Å². The zero-order chi connectivity index (χ0) is 21.3. The van der Waals surface area contributed by atoms with Crippen molar-refractivity contribution in [2.24, 2.45) is 0 Å². The second-order valence-corrected chi connectivity index (χ2v) is 7.81. The fourth-order valence-electron chi connectivity index (χ4n) is 4.37. The summed E-state index contributed by atoms with van der Waals surface area (Å²) in [7, 11) is 1.39. The predicted octanol–water partition coefficient (Wildman–Crippen LogP) is 4.55. The number of hydrogen-bond acceptors (Lipinski definition) is 3. The molecule has 2 aromatic carbocycles. The molecule has 0 amide bonds. The third kappa shape index (κ3) is 3.54. The molecule has 4 rings (SSSR count). The number of para-hydroxylation sites is 2. The van der Waals surface area contributed by atoms with Gasteiger partial charge in [-0.25, -0.2) is 4.79 Å². The van der Waals surface area contributed by atoms with Crippen LogP contribution in [0.25, 0.3) is 21.9 Å². The number of nitrogens with one attached hydrogen (secondary N) is 1. The number of fused-ring (bicyclic) bond motifs is 2. The molecular weight excluding hydrogens is 378 g/mol. The molecule has 6 nitrogen and oxygen atoms in total. The van der Waals surface area contributed by atoms with Gasteiger partial charge < -0.3 is 9.72 Å². The van der Waals surface area contributed by atoms with Crippen molar-refractivity contribution < 1.29 is 9.53 Å². The van der Waals surface area contributed by atoms with E-state index in [1.807, 2.05) is 41.1 Å². The van der Waals surface area contributed by atoms with Gasteiger partial charge in [0, 0.05) is 23.1 Å². The van der Waals surface area contributed by atoms with Crippen LogP contribution in [-0.4, -0.2) is 27.2 Å². The molecule has 0 radical (unpaired) electrons. The second kappa shape index (κ2) is 8.22. The van der Waals surface area contributed by atoms with Crippen LogP contribution >= 0.6 is 0 Å². The van der Waals surface area contributed by atoms with Crippen LogP contribution in [0.2, 0.25) is 0 Å². The Morgan fingerprint density at radius 1 is 1.17 bits per heavy atom. The molecule has 156 valence electrons. The van der Waals surface area contributed by atoms with E-state index in [1.54, 1.807) is 4.57 Å². The molecule has 2 heterocycles. The Balaban J connectivity index is 1.87. The summed E-state index contributed by atoms with van der Waals surface area (Å²) in [5.41, 5.74) is 4.93. The van der Waals surface area contributed by atoms with E-state index >= 15 is 0 Å². The highest BCUT2D eigenvalue weighted by Gasteiger charge is 2.23. The molecule has 2 aromatic heterocycles. The fraction of sp³-hybridized carbons (Fsp3) is 0.333. The minimum atomic E-state index is -0.301. The molecule has 0 fully saturated rings. The van der Waals surface area contributed by atoms with Crippen molar-refractivity contribution in [1.29, 1.82) is 0 Å². The number of H-pyrrole nitrogens is 1. The highest BCUT2D eigenvalue weighted by atomic mass is 16.5. The molecule has 6 heteroatoms. The van der Waals surface area contributed by atoms with Crippen molar-refractivity contribution in [3.63, 3.8) is 0 Å². The number of benzene rings is 2. The first kappa shape index (κ1) is 20.0. The van der Waals surface area contributed by atoms with Crippen LogP contribution in [0.5, 0.6) is 0 Å². The van der Waals surface area contributed by atoms with Gasteiger partial charge in [-0.05, 0) is 48.7 Å². The number of hydrogen-bond donors (Lipinski definition) is 1. The van der Waals surface area contributed by atoms with Crippen LogP contribution in [0.3, 0.4) is 0 Å². The first-order valence-corrected chi connectivity index (χ1v) is 10.4. The molecule has 1 N–H and O–H groups in total. The minimum absolute atomic E-state index is 0.0938. The Morgan fingerprint density at radius 2 is 1.93 bits per heavy atom. The highest BCUT2D eigenvalue weighted by Crippen LogP contribution is 2.26. The number of carbonyl (C=O) groups is 1. The standard InChI is InChI=1S/C24H27N3O3/c1-4-7-18(14-23(28)30-3)27-22-9-6-5-8-21(22)26(24(27)29)15-17-12-16(2)13-20-19(17)10-11-25-20/h5-6,8-13,18,25H,4,7,14-15H2,1-3H3. The Kier molecular flexibility index (Phi) is 5.48. The average molecular weight is 405 g/mol. The third-order valence-corrected chi connectivity index (χ3v) is 5.71. The Labute approximate surface area is 175 Å². The molecule has 4 aromatic rings. The van der Waals surface area contributed by atoms with Gasteiger partial charge in [-0.2, -0.15) is 0 Å². The van der Waals surface area contributed by atoms with Crippen LogP contribution in [0.1, 0.15) is 43.4 Å². The number of aromatic nitrogens is 3. The Bertz CT molecular complexity index is 1260. The largest absolute Gasteiger partial charge is 0.469 e. The molecule has 0 aliphatic heterocycles. The molecule has 0 saturated heterocycles. The Morgan fingerprint density at radius 3 is 2.67 bits per heavy atom. The maximum absolute atomic E-state index is 13.6. The normalized spacial score (nSPS) is 12.5. The zero-order valence-corrected chi connectivity index (χ0v) is 17.6. The maximum Gasteiger partial charge on any atom is 0.329 e. The summed E-state index contributed by atoms with van der Waals surface area (Å²) in [6, 6.07) is 13.9. The van der Waals surface area contributed by atoms with Gasteiger partial charge in [-0.1, -0.05) is 31.5 Å². The zero-order valence-electron chi connectivity index (χ0n) is 17.6. The number of ether oxygens (including phenoxy) is 1. The van der Waals surface area contributed by atoms with E-state index in [9.17, 15) is 9.59 Å². The number of imidazole rings is 1. The van der Waals surface area contributed by atoms with Crippen LogP contribution < -0.4 is 5.69 Å². The minimum Gasteiger partial charge on any atom is -0.469 e. The topological polar surface area (TPSA) is 69.0 Å². The van der Waals surface area contributed by atoms with Gasteiger partial charge in [0.25, 0.3) is 0 Å². The molecule has 1 unspecified atom stereocenters. The molecular formula is C24H27N3O3. The number of rotatable bonds is 7. The summed E-state index contributed by atoms with van der Waals surface area (Å²) in [5.74, 6) is -0.301. The van der Waals surface area contributed by atoms with E-state index in [0.29, 0.717) is 6.54 Å². The summed E-state index contributed by atoms with van der Waals surface area (Å²) < 4.78 is 8.48. The van der Waals surface area contributed by atoms with Crippen molar-refractivity contribution >= 4 is 27.9 Å². The molecule has 30 heavy (non-hydrogen) atoms. The van der Waals surface area contributed by atoms with Gasteiger partial charge >= 0.3 is 11.7 Å². The molecule has 0 spiro atoms. The van der Waals surface area contributed by atoms with Crippen LogP contribution in [0.4, 0.5) is 0 Å². The van der Waals surface area contributed by atoms with Gasteiger partial charge in [0.1, 0.15) is 0 Å². The number of carbonyl (C=O) groups excluding carboxylic acids is 1. The van der Waals surface area contributed by atoms with Crippen molar-refractivity contribution in [3.05, 3.63) is 70.3 Å². The maximum atomic E-state index is 13.6. The van der Waals surface area contributed by atoms with Crippen molar-refractivity contribution in [2.75, 3.05) is 7.11 Å². The summed E-state index contributed by atoms with van der Waals surface area (Å²) in [4.78, 5) is 28.9. The number of aromatic amines is 1. The van der Waals surface area contributed by atoms with E-state index in [-0.39, 0.29) is 24.1 Å². The lowest BCUT2D eigenvalue weighted by molar-refractivity contribution is -0.141. The molecule has 0 aliphatic rings. The van der Waals surface area contributed by atoms with E-state index in [2.05, 4.69) is 31.0 Å². The molecule has 0 bridgehead atoms. The molecule has 1 atom stereocenters. The third-order valence-electron chi connectivity index (χ3n) is 5.71.